The number of anilines is 1. The molecule has 0 spiro atoms. The molecule has 2 N–H and O–H groups in total. The number of aromatic nitrogens is 2. The lowest BCUT2D eigenvalue weighted by Gasteiger charge is -2.25. The fourth-order valence-electron chi connectivity index (χ4n) is 2.28. The van der Waals surface area contributed by atoms with E-state index in [1.165, 1.54) is 17.5 Å². The van der Waals surface area contributed by atoms with Crippen LogP contribution in [0.25, 0.3) is 0 Å². The topological polar surface area (TPSA) is 66.9 Å². The van der Waals surface area contributed by atoms with Gasteiger partial charge in [-0.3, -0.25) is 4.79 Å². The number of hydrogen-bond acceptors (Lipinski definition) is 4. The van der Waals surface area contributed by atoms with Gasteiger partial charge in [0.1, 0.15) is 11.3 Å². The monoisotopic (exact) mass is 322 g/mol. The van der Waals surface area contributed by atoms with Gasteiger partial charge in [-0.05, 0) is 17.5 Å². The molecular formula is C14H12Cl2N4O. The molecule has 0 saturated carbocycles. The molecule has 1 aromatic heterocycles. The molecule has 1 atom stereocenters. The lowest BCUT2D eigenvalue weighted by Crippen LogP contribution is -2.44. The zero-order valence-corrected chi connectivity index (χ0v) is 12.4. The number of fused-ring (bicyclic) bond motifs is 1. The molecule has 3 rings (SSSR count). The molecule has 0 bridgehead atoms. The first-order chi connectivity index (χ1) is 10.1. The Kier molecular flexibility index (Phi) is 4.05. The number of amides is 1. The fraction of sp³-hybridized carbons (Fsp3) is 0.214. The zero-order chi connectivity index (χ0) is 14.8. The number of halogens is 2. The van der Waals surface area contributed by atoms with Crippen LogP contribution >= 0.6 is 23.2 Å². The average Bonchev–Trinajstić information content (AvgIpc) is 2.51. The van der Waals surface area contributed by atoms with Crippen LogP contribution in [0.1, 0.15) is 11.1 Å². The lowest BCUT2D eigenvalue weighted by molar-refractivity contribution is -0.118. The maximum Gasteiger partial charge on any atom is 0.243 e. The van der Waals surface area contributed by atoms with E-state index in [4.69, 9.17) is 23.2 Å². The lowest BCUT2D eigenvalue weighted by atomic mass is 9.95. The molecule has 1 unspecified atom stereocenters. The molecule has 1 amide bonds. The van der Waals surface area contributed by atoms with Gasteiger partial charge >= 0.3 is 0 Å². The van der Waals surface area contributed by atoms with E-state index < -0.39 is 0 Å². The van der Waals surface area contributed by atoms with Crippen molar-refractivity contribution in [2.24, 2.45) is 0 Å². The average molecular weight is 323 g/mol. The molecule has 0 radical (unpaired) electrons. The van der Waals surface area contributed by atoms with Gasteiger partial charge in [0.25, 0.3) is 0 Å². The second-order valence-electron chi connectivity index (χ2n) is 4.72. The second kappa shape index (κ2) is 5.97. The van der Waals surface area contributed by atoms with E-state index in [1.807, 2.05) is 18.2 Å². The molecule has 2 aromatic rings. The molecule has 1 aromatic carbocycles. The number of nitrogens with zero attached hydrogens (tertiary/aromatic N) is 2. The van der Waals surface area contributed by atoms with Crippen molar-refractivity contribution < 1.29 is 4.79 Å². The summed E-state index contributed by atoms with van der Waals surface area (Å²) in [7, 11) is 0. The van der Waals surface area contributed by atoms with E-state index in [2.05, 4.69) is 26.7 Å². The van der Waals surface area contributed by atoms with Gasteiger partial charge < -0.3 is 10.6 Å². The van der Waals surface area contributed by atoms with Crippen LogP contribution in [0.15, 0.2) is 30.6 Å². The van der Waals surface area contributed by atoms with Crippen LogP contribution in [0.2, 0.25) is 10.2 Å². The molecule has 21 heavy (non-hydrogen) atoms. The second-order valence-corrected chi connectivity index (χ2v) is 5.46. The summed E-state index contributed by atoms with van der Waals surface area (Å²) in [6.07, 6.45) is 1.88. The van der Waals surface area contributed by atoms with Crippen molar-refractivity contribution in [1.29, 1.82) is 0 Å². The number of nitrogens with one attached hydrogen (secondary N) is 2. The largest absolute Gasteiger partial charge is 0.308 e. The highest BCUT2D eigenvalue weighted by Gasteiger charge is 2.24. The molecule has 0 aliphatic carbocycles. The maximum absolute atomic E-state index is 12.3. The van der Waals surface area contributed by atoms with Gasteiger partial charge in [0, 0.05) is 6.54 Å². The third-order valence-electron chi connectivity index (χ3n) is 3.39. The Morgan fingerprint density at radius 3 is 2.81 bits per heavy atom. The minimum Gasteiger partial charge on any atom is -0.308 e. The number of rotatable bonds is 2. The molecule has 2 heterocycles. The molecule has 1 aliphatic rings. The van der Waals surface area contributed by atoms with Gasteiger partial charge in [-0.25, -0.2) is 9.97 Å². The molecule has 0 fully saturated rings. The molecule has 108 valence electrons. The summed E-state index contributed by atoms with van der Waals surface area (Å²) in [5.74, 6) is 0.0310. The first-order valence-corrected chi connectivity index (χ1v) is 7.18. The van der Waals surface area contributed by atoms with E-state index in [1.54, 1.807) is 0 Å². The summed E-state index contributed by atoms with van der Waals surface area (Å²) in [5, 5.41) is 6.14. The minimum atomic E-state index is -0.329. The Morgan fingerprint density at radius 2 is 2.00 bits per heavy atom. The van der Waals surface area contributed by atoms with Gasteiger partial charge in [0.05, 0.1) is 6.04 Å². The van der Waals surface area contributed by atoms with Crippen molar-refractivity contribution in [3.05, 3.63) is 51.9 Å². The summed E-state index contributed by atoms with van der Waals surface area (Å²) in [4.78, 5) is 20.0. The summed E-state index contributed by atoms with van der Waals surface area (Å²) in [6, 6.07) is 7.72. The highest BCUT2D eigenvalue weighted by Crippen LogP contribution is 2.26. The maximum atomic E-state index is 12.3. The third-order valence-corrected chi connectivity index (χ3v) is 4.13. The van der Waals surface area contributed by atoms with Crippen molar-refractivity contribution in [3.63, 3.8) is 0 Å². The highest BCUT2D eigenvalue weighted by atomic mass is 35.5. The molecular weight excluding hydrogens is 311 g/mol. The summed E-state index contributed by atoms with van der Waals surface area (Å²) in [6.45, 7) is 0.659. The first-order valence-electron chi connectivity index (χ1n) is 6.42. The van der Waals surface area contributed by atoms with Crippen LogP contribution in [0, 0.1) is 0 Å². The summed E-state index contributed by atoms with van der Waals surface area (Å²) >= 11 is 11.8. The SMILES string of the molecule is O=C(Nc1ncnc(Cl)c1Cl)C1Cc2ccccc2CN1. The third kappa shape index (κ3) is 3.00. The van der Waals surface area contributed by atoms with Crippen LogP contribution in [-0.2, 0) is 17.8 Å². The molecule has 1 aliphatic heterocycles. The minimum absolute atomic E-state index is 0.115. The zero-order valence-electron chi connectivity index (χ0n) is 10.9. The van der Waals surface area contributed by atoms with E-state index in [0.29, 0.717) is 13.0 Å². The van der Waals surface area contributed by atoms with Crippen molar-refractivity contribution >= 4 is 34.9 Å². The van der Waals surface area contributed by atoms with E-state index in [9.17, 15) is 4.79 Å². The van der Waals surface area contributed by atoms with Crippen molar-refractivity contribution in [3.8, 4) is 0 Å². The standard InChI is InChI=1S/C14H12Cl2N4O/c15-11-12(16)18-7-19-13(11)20-14(21)10-5-8-3-1-2-4-9(8)6-17-10/h1-4,7,10,17H,5-6H2,(H,18,19,20,21). The Morgan fingerprint density at radius 1 is 1.24 bits per heavy atom. The quantitative estimate of drug-likeness (QED) is 0.833. The Hall–Kier alpha value is -1.69. The van der Waals surface area contributed by atoms with Crippen LogP contribution in [-0.4, -0.2) is 21.9 Å². The number of hydrogen-bond donors (Lipinski definition) is 2. The molecule has 7 heteroatoms. The van der Waals surface area contributed by atoms with E-state index >= 15 is 0 Å². The van der Waals surface area contributed by atoms with Crippen LogP contribution in [0.5, 0.6) is 0 Å². The van der Waals surface area contributed by atoms with E-state index in [0.717, 1.165) is 0 Å². The predicted molar refractivity (Wildman–Crippen MR) is 81.5 cm³/mol. The predicted octanol–water partition coefficient (Wildman–Crippen LogP) is 2.44. The Balaban J connectivity index is 1.74. The van der Waals surface area contributed by atoms with Crippen LogP contribution < -0.4 is 10.6 Å². The van der Waals surface area contributed by atoms with Crippen molar-refractivity contribution in [1.82, 2.24) is 15.3 Å². The fourth-order valence-corrected chi connectivity index (χ4v) is 2.56. The number of carbonyl (C=O) groups excluding carboxylic acids is 1. The van der Waals surface area contributed by atoms with Gasteiger partial charge in [-0.1, -0.05) is 47.5 Å². The van der Waals surface area contributed by atoms with Crippen LogP contribution in [0.4, 0.5) is 5.82 Å². The van der Waals surface area contributed by atoms with Gasteiger partial charge in [-0.15, -0.1) is 0 Å². The smallest absolute Gasteiger partial charge is 0.243 e. The summed E-state index contributed by atoms with van der Waals surface area (Å²) < 4.78 is 0. The first kappa shape index (κ1) is 14.3. The van der Waals surface area contributed by atoms with Gasteiger partial charge in [0.15, 0.2) is 11.0 Å². The normalized spacial score (nSPS) is 17.1. The van der Waals surface area contributed by atoms with Gasteiger partial charge in [-0.2, -0.15) is 0 Å². The number of carbonyl (C=O) groups is 1. The molecule has 5 nitrogen and oxygen atoms in total. The number of benzene rings is 1. The Bertz CT molecular complexity index is 692. The van der Waals surface area contributed by atoms with Gasteiger partial charge in [0.2, 0.25) is 5.91 Å². The molecule has 0 saturated heterocycles. The Labute approximate surface area is 131 Å². The van der Waals surface area contributed by atoms with E-state index in [-0.39, 0.29) is 27.9 Å². The van der Waals surface area contributed by atoms with Crippen molar-refractivity contribution in [2.75, 3.05) is 5.32 Å². The van der Waals surface area contributed by atoms with Crippen molar-refractivity contribution in [2.45, 2.75) is 19.0 Å². The summed E-state index contributed by atoms with van der Waals surface area (Å²) in [5.41, 5.74) is 2.38. The highest BCUT2D eigenvalue weighted by molar-refractivity contribution is 6.42. The van der Waals surface area contributed by atoms with Crippen LogP contribution in [0.3, 0.4) is 0 Å².